The molecule has 0 atom stereocenters. The Kier molecular flexibility index (Phi) is 10.4. The van der Waals surface area contributed by atoms with Crippen LogP contribution < -0.4 is 20.9 Å². The molecule has 0 aromatic heterocycles. The molecule has 8 nitrogen and oxygen atoms in total. The van der Waals surface area contributed by atoms with E-state index in [0.29, 0.717) is 0 Å². The van der Waals surface area contributed by atoms with Crippen LogP contribution in [0.2, 0.25) is 0 Å². The molecular formula is C28F10N8. The van der Waals surface area contributed by atoms with E-state index in [1.807, 2.05) is 0 Å². The van der Waals surface area contributed by atoms with Gasteiger partial charge in [-0.2, -0.15) is 21.0 Å². The predicted octanol–water partition coefficient (Wildman–Crippen LogP) is 3.42. The summed E-state index contributed by atoms with van der Waals surface area (Å²) in [6.45, 7) is 13.2. The molecule has 0 radical (unpaired) electrons. The minimum Gasteiger partial charge on any atom is -0.226 e. The fraction of sp³-hybridized carbons (Fsp3) is 0. The van der Waals surface area contributed by atoms with Gasteiger partial charge in [0, 0.05) is 0 Å². The molecule has 3 rings (SSSR count). The van der Waals surface area contributed by atoms with Gasteiger partial charge in [-0.15, -0.1) is 0 Å². The summed E-state index contributed by atoms with van der Waals surface area (Å²) in [7, 11) is 0. The molecule has 222 valence electrons. The molecule has 46 heavy (non-hydrogen) atoms. The highest BCUT2D eigenvalue weighted by atomic mass is 19.2. The Morgan fingerprint density at radius 3 is 0.913 bits per heavy atom. The number of benzene rings is 3. The Labute approximate surface area is 247 Å². The molecule has 0 aliphatic heterocycles. The van der Waals surface area contributed by atoms with Gasteiger partial charge >= 0.3 is 0 Å². The Balaban J connectivity index is 0.000000332. The zero-order valence-electron chi connectivity index (χ0n) is 21.4. The Morgan fingerprint density at radius 2 is 0.609 bits per heavy atom. The van der Waals surface area contributed by atoms with Crippen molar-refractivity contribution in [3.63, 3.8) is 0 Å². The van der Waals surface area contributed by atoms with Crippen LogP contribution in [0.15, 0.2) is 0 Å². The minimum atomic E-state index is -2.22. The smallest absolute Gasteiger partial charge is 0.226 e. The molecule has 0 unspecified atom stereocenters. The number of fused-ring (bicyclic) bond motifs is 1. The average Bonchev–Trinajstić information content (AvgIpc) is 3.05. The van der Waals surface area contributed by atoms with Crippen LogP contribution in [-0.4, -0.2) is 0 Å². The van der Waals surface area contributed by atoms with Crippen LogP contribution in [0.5, 0.6) is 0 Å². The highest BCUT2D eigenvalue weighted by Gasteiger charge is 2.28. The summed E-state index contributed by atoms with van der Waals surface area (Å²) >= 11 is 0. The first-order chi connectivity index (χ1) is 21.7. The van der Waals surface area contributed by atoms with Crippen LogP contribution >= 0.6 is 0 Å². The fourth-order valence-corrected chi connectivity index (χ4v) is 3.55. The second-order valence-corrected chi connectivity index (χ2v) is 7.73. The predicted molar refractivity (Wildman–Crippen MR) is 129 cm³/mol. The molecule has 0 saturated carbocycles. The number of rotatable bonds is 0. The number of halogens is 10. The monoisotopic (exact) mass is 638 g/mol. The van der Waals surface area contributed by atoms with Crippen molar-refractivity contribution in [1.82, 2.24) is 0 Å². The molecule has 0 aliphatic carbocycles. The van der Waals surface area contributed by atoms with Gasteiger partial charge in [-0.05, 0) is 0 Å². The van der Waals surface area contributed by atoms with Gasteiger partial charge in [0.05, 0.1) is 56.9 Å². The van der Waals surface area contributed by atoms with Crippen molar-refractivity contribution in [3.8, 4) is 36.4 Å². The van der Waals surface area contributed by atoms with E-state index in [0.717, 1.165) is 36.4 Å². The van der Waals surface area contributed by atoms with E-state index in [2.05, 4.69) is 9.69 Å². The van der Waals surface area contributed by atoms with E-state index in [1.165, 1.54) is 0 Å². The number of nitriles is 6. The zero-order valence-corrected chi connectivity index (χ0v) is 21.4. The van der Waals surface area contributed by atoms with E-state index in [9.17, 15) is 43.9 Å². The van der Waals surface area contributed by atoms with Crippen LogP contribution in [0, 0.1) is 139 Å². The first kappa shape index (κ1) is 34.8. The lowest BCUT2D eigenvalue weighted by atomic mass is 10.0. The maximum Gasteiger partial charge on any atom is 0.275 e. The summed E-state index contributed by atoms with van der Waals surface area (Å²) in [4.78, 5) is 4.90. The lowest BCUT2D eigenvalue weighted by molar-refractivity contribution is 0.434. The van der Waals surface area contributed by atoms with Gasteiger partial charge in [0.25, 0.3) is 11.4 Å². The zero-order chi connectivity index (χ0) is 35.2. The van der Waals surface area contributed by atoms with Crippen molar-refractivity contribution in [2.24, 2.45) is 0 Å². The molecule has 0 spiro atoms. The summed E-state index contributed by atoms with van der Waals surface area (Å²) in [5.41, 5.74) is -4.98. The average molecular weight is 638 g/mol. The van der Waals surface area contributed by atoms with E-state index in [4.69, 9.17) is 44.7 Å². The summed E-state index contributed by atoms with van der Waals surface area (Å²) in [6, 6.07) is 6.43. The normalized spacial score (nSPS) is 10.1. The first-order valence-corrected chi connectivity index (χ1v) is 10.9. The number of hydrogen-bond donors (Lipinski definition) is 0. The Morgan fingerprint density at radius 1 is 0.370 bits per heavy atom. The van der Waals surface area contributed by atoms with Crippen molar-refractivity contribution in [3.05, 3.63) is 102 Å². The van der Waals surface area contributed by atoms with Crippen molar-refractivity contribution in [2.45, 2.75) is 0 Å². The Hall–Kier alpha value is -7.38. The fourth-order valence-electron chi connectivity index (χ4n) is 3.55. The second-order valence-electron chi connectivity index (χ2n) is 7.73. The molecule has 3 aromatic carbocycles. The summed E-state index contributed by atoms with van der Waals surface area (Å²) in [6.07, 6.45) is 0. The van der Waals surface area contributed by atoms with Gasteiger partial charge in [0.2, 0.25) is 0 Å². The van der Waals surface area contributed by atoms with Gasteiger partial charge in [0.15, 0.2) is 46.5 Å². The highest BCUT2D eigenvalue weighted by Crippen LogP contribution is 2.27. The van der Waals surface area contributed by atoms with E-state index in [1.54, 1.807) is 0 Å². The maximum atomic E-state index is 14.4. The molecular weight excluding hydrogens is 638 g/mol. The molecule has 18 heteroatoms. The number of hydrogen-bond acceptors (Lipinski definition) is 6. The molecule has 0 aliphatic rings. The molecule has 0 heterocycles. The van der Waals surface area contributed by atoms with Gasteiger partial charge in [-0.3, -0.25) is 0 Å². The van der Waals surface area contributed by atoms with Crippen LogP contribution in [0.3, 0.4) is 0 Å². The van der Waals surface area contributed by atoms with Gasteiger partial charge in [-0.1, -0.05) is 0 Å². The third-order valence-electron chi connectivity index (χ3n) is 5.51. The third kappa shape index (κ3) is 5.42. The summed E-state index contributed by atoms with van der Waals surface area (Å²) < 4.78 is 140. The van der Waals surface area contributed by atoms with Gasteiger partial charge in [-0.25, -0.2) is 64.1 Å². The molecule has 0 bridgehead atoms. The Bertz CT molecular complexity index is 2250. The lowest BCUT2D eigenvalue weighted by Crippen LogP contribution is -2.30. The quantitative estimate of drug-likeness (QED) is 0.209. The van der Waals surface area contributed by atoms with Crippen LogP contribution in [0.1, 0.15) is 0 Å². The SMILES string of the molecule is [C-]#[N+]/C(C#N)=c1\c(F)c(F)c2c(F)c(=C(C#N)C#N)c(F)c(F)c2c1F.[C-]#[N+]C(C#N)=c1c(F)c(F)c(=C(C#N)C#N)c(F)c1F. The maximum absolute atomic E-state index is 14.4. The molecule has 0 saturated heterocycles. The molecule has 3 aromatic rings. The van der Waals surface area contributed by atoms with Crippen LogP contribution in [0.4, 0.5) is 43.9 Å². The number of nitrogens with zero attached hydrogens (tertiary/aromatic N) is 8. The van der Waals surface area contributed by atoms with E-state index in [-0.39, 0.29) is 0 Å². The van der Waals surface area contributed by atoms with Gasteiger partial charge < -0.3 is 0 Å². The first-order valence-electron chi connectivity index (χ1n) is 10.9. The van der Waals surface area contributed by atoms with Crippen molar-refractivity contribution >= 4 is 33.3 Å². The molecule has 0 N–H and O–H groups in total. The topological polar surface area (TPSA) is 151 Å². The van der Waals surface area contributed by atoms with Gasteiger partial charge in [0.1, 0.15) is 47.1 Å². The summed E-state index contributed by atoms with van der Waals surface area (Å²) in [5, 5.41) is 41.9. The molecule has 0 fully saturated rings. The third-order valence-corrected chi connectivity index (χ3v) is 5.51. The van der Waals surface area contributed by atoms with Crippen molar-refractivity contribution < 1.29 is 43.9 Å². The minimum absolute atomic E-state index is 1.05. The standard InChI is InChI=1S/C16F6N4.C12F4N4/c1-26-6(4-25)8-12(18)10-9(16(22)14(8)20)11(17)7(5(2-23)3-24)13(19)15(10)21;1-20-6(4-19)8-11(15)9(13)7(5(2-17)3-18)10(14)12(8)16/b8-6-;. The largest absolute Gasteiger partial charge is 0.275 e. The van der Waals surface area contributed by atoms with Crippen LogP contribution in [-0.2, 0) is 0 Å². The van der Waals surface area contributed by atoms with Crippen LogP contribution in [0.25, 0.3) is 43.0 Å². The van der Waals surface area contributed by atoms with E-state index < -0.39 is 112 Å². The summed E-state index contributed by atoms with van der Waals surface area (Å²) in [5.74, 6) is -21.1. The lowest BCUT2D eigenvalue weighted by Gasteiger charge is -2.09. The molecule has 0 amide bonds. The second kappa shape index (κ2) is 13.7. The van der Waals surface area contributed by atoms with Crippen molar-refractivity contribution in [2.75, 3.05) is 0 Å². The van der Waals surface area contributed by atoms with Crippen molar-refractivity contribution in [1.29, 1.82) is 31.6 Å². The highest BCUT2D eigenvalue weighted by molar-refractivity contribution is 5.88. The van der Waals surface area contributed by atoms with E-state index >= 15 is 0 Å².